The molecule has 3 rings (SSSR count). The van der Waals surface area contributed by atoms with Crippen molar-refractivity contribution in [2.45, 2.75) is 18.7 Å². The fourth-order valence-electron chi connectivity index (χ4n) is 2.54. The van der Waals surface area contributed by atoms with Gasteiger partial charge in [-0.15, -0.1) is 0 Å². The Bertz CT molecular complexity index is 1060. The van der Waals surface area contributed by atoms with Crippen LogP contribution in [0.3, 0.4) is 0 Å². The van der Waals surface area contributed by atoms with Crippen molar-refractivity contribution in [1.29, 1.82) is 0 Å². The molecule has 5 nitrogen and oxygen atoms in total. The Morgan fingerprint density at radius 1 is 0.778 bits per heavy atom. The fourth-order valence-corrected chi connectivity index (χ4v) is 3.60. The molecule has 2 N–H and O–H groups in total. The number of carbonyl (C=O) groups excluding carboxylic acids is 1. The van der Waals surface area contributed by atoms with E-state index in [-0.39, 0.29) is 10.8 Å². The molecule has 0 aliphatic heterocycles. The van der Waals surface area contributed by atoms with Gasteiger partial charge in [-0.25, -0.2) is 8.42 Å². The number of aryl methyl sites for hydroxylation is 2. The van der Waals surface area contributed by atoms with Crippen LogP contribution in [0.15, 0.2) is 77.7 Å². The molecule has 1 amide bonds. The Morgan fingerprint density at radius 3 is 2.04 bits per heavy atom. The molecule has 0 radical (unpaired) electrons. The number of sulfonamides is 1. The molecular weight excluding hydrogens is 360 g/mol. The first-order chi connectivity index (χ1) is 12.8. The highest BCUT2D eigenvalue weighted by atomic mass is 32.2. The fraction of sp³-hybridized carbons (Fsp3) is 0.0952. The quantitative estimate of drug-likeness (QED) is 0.691. The van der Waals surface area contributed by atoms with Crippen molar-refractivity contribution in [3.63, 3.8) is 0 Å². The summed E-state index contributed by atoms with van der Waals surface area (Å²) in [4.78, 5) is 12.5. The molecule has 0 saturated carbocycles. The summed E-state index contributed by atoms with van der Waals surface area (Å²) in [6.45, 7) is 3.82. The molecule has 0 bridgehead atoms. The molecule has 3 aromatic rings. The van der Waals surface area contributed by atoms with E-state index in [1.807, 2.05) is 26.0 Å². The Hall–Kier alpha value is -3.12. The number of nitrogens with one attached hydrogen (secondary N) is 2. The van der Waals surface area contributed by atoms with Crippen LogP contribution in [0.4, 0.5) is 11.4 Å². The SMILES string of the molecule is Cc1ccc(S(=O)(=O)Nc2ccc(NC(=O)c3cccc(C)c3)cc2)cc1. The maximum absolute atomic E-state index is 12.4. The third-order valence-electron chi connectivity index (χ3n) is 4.01. The van der Waals surface area contributed by atoms with E-state index in [0.29, 0.717) is 16.9 Å². The van der Waals surface area contributed by atoms with Crippen LogP contribution in [0.25, 0.3) is 0 Å². The predicted octanol–water partition coefficient (Wildman–Crippen LogP) is 4.36. The summed E-state index contributed by atoms with van der Waals surface area (Å²) in [5.41, 5.74) is 3.56. The Labute approximate surface area is 159 Å². The lowest BCUT2D eigenvalue weighted by Crippen LogP contribution is -2.14. The van der Waals surface area contributed by atoms with Gasteiger partial charge in [0.15, 0.2) is 0 Å². The molecule has 0 heterocycles. The lowest BCUT2D eigenvalue weighted by atomic mass is 10.1. The molecule has 0 aliphatic rings. The summed E-state index contributed by atoms with van der Waals surface area (Å²) >= 11 is 0. The minimum Gasteiger partial charge on any atom is -0.322 e. The van der Waals surface area contributed by atoms with Gasteiger partial charge in [-0.1, -0.05) is 35.4 Å². The van der Waals surface area contributed by atoms with Gasteiger partial charge in [0.2, 0.25) is 0 Å². The number of hydrogen-bond acceptors (Lipinski definition) is 3. The van der Waals surface area contributed by atoms with E-state index >= 15 is 0 Å². The minimum atomic E-state index is -3.65. The standard InChI is InChI=1S/C21H20N2O3S/c1-15-6-12-20(13-7-15)27(25,26)23-19-10-8-18(9-11-19)22-21(24)17-5-3-4-16(2)14-17/h3-14,23H,1-2H3,(H,22,24). The topological polar surface area (TPSA) is 75.3 Å². The van der Waals surface area contributed by atoms with Gasteiger partial charge in [-0.2, -0.15) is 0 Å². The van der Waals surface area contributed by atoms with Crippen molar-refractivity contribution in [3.05, 3.63) is 89.5 Å². The van der Waals surface area contributed by atoms with Crippen molar-refractivity contribution in [3.8, 4) is 0 Å². The summed E-state index contributed by atoms with van der Waals surface area (Å²) in [7, 11) is -3.65. The van der Waals surface area contributed by atoms with Gasteiger partial charge < -0.3 is 5.32 Å². The van der Waals surface area contributed by atoms with E-state index in [9.17, 15) is 13.2 Å². The third kappa shape index (κ3) is 4.74. The van der Waals surface area contributed by atoms with Gasteiger partial charge in [-0.05, 0) is 62.4 Å². The number of hydrogen-bond donors (Lipinski definition) is 2. The van der Waals surface area contributed by atoms with Crippen LogP contribution in [0.1, 0.15) is 21.5 Å². The number of carbonyl (C=O) groups is 1. The van der Waals surface area contributed by atoms with Gasteiger partial charge >= 0.3 is 0 Å². The smallest absolute Gasteiger partial charge is 0.261 e. The lowest BCUT2D eigenvalue weighted by Gasteiger charge is -2.10. The first-order valence-electron chi connectivity index (χ1n) is 8.41. The number of amides is 1. The molecule has 138 valence electrons. The molecule has 6 heteroatoms. The van der Waals surface area contributed by atoms with Crippen molar-refractivity contribution >= 4 is 27.3 Å². The average molecular weight is 380 g/mol. The van der Waals surface area contributed by atoms with Crippen molar-refractivity contribution in [2.24, 2.45) is 0 Å². The molecule has 0 spiro atoms. The molecule has 27 heavy (non-hydrogen) atoms. The number of anilines is 2. The van der Waals surface area contributed by atoms with Gasteiger partial charge in [0.1, 0.15) is 0 Å². The zero-order valence-electron chi connectivity index (χ0n) is 15.1. The van der Waals surface area contributed by atoms with Crippen LogP contribution >= 0.6 is 0 Å². The monoisotopic (exact) mass is 380 g/mol. The van der Waals surface area contributed by atoms with E-state index in [2.05, 4.69) is 10.0 Å². The van der Waals surface area contributed by atoms with Crippen LogP contribution in [0.5, 0.6) is 0 Å². The van der Waals surface area contributed by atoms with Crippen LogP contribution in [-0.2, 0) is 10.0 Å². The van der Waals surface area contributed by atoms with Crippen molar-refractivity contribution < 1.29 is 13.2 Å². The van der Waals surface area contributed by atoms with Crippen LogP contribution < -0.4 is 10.0 Å². The molecule has 0 unspecified atom stereocenters. The molecule has 0 aromatic heterocycles. The summed E-state index contributed by atoms with van der Waals surface area (Å²) in [6.07, 6.45) is 0. The molecule has 0 aliphatic carbocycles. The average Bonchev–Trinajstić information content (AvgIpc) is 2.63. The Balaban J connectivity index is 1.70. The summed E-state index contributed by atoms with van der Waals surface area (Å²) in [6, 6.07) is 20.4. The second kappa shape index (κ2) is 7.63. The summed E-state index contributed by atoms with van der Waals surface area (Å²) < 4.78 is 27.4. The Morgan fingerprint density at radius 2 is 1.41 bits per heavy atom. The maximum Gasteiger partial charge on any atom is 0.261 e. The molecule has 0 fully saturated rings. The van der Waals surface area contributed by atoms with Crippen LogP contribution in [-0.4, -0.2) is 14.3 Å². The van der Waals surface area contributed by atoms with E-state index < -0.39 is 10.0 Å². The van der Waals surface area contributed by atoms with Crippen LogP contribution in [0.2, 0.25) is 0 Å². The largest absolute Gasteiger partial charge is 0.322 e. The molecule has 3 aromatic carbocycles. The third-order valence-corrected chi connectivity index (χ3v) is 5.40. The highest BCUT2D eigenvalue weighted by molar-refractivity contribution is 7.92. The van der Waals surface area contributed by atoms with Gasteiger partial charge in [0, 0.05) is 16.9 Å². The zero-order chi connectivity index (χ0) is 19.4. The van der Waals surface area contributed by atoms with E-state index in [0.717, 1.165) is 11.1 Å². The van der Waals surface area contributed by atoms with Crippen molar-refractivity contribution in [2.75, 3.05) is 10.0 Å². The molecule has 0 saturated heterocycles. The normalized spacial score (nSPS) is 11.0. The number of benzene rings is 3. The van der Waals surface area contributed by atoms with E-state index in [1.54, 1.807) is 60.7 Å². The van der Waals surface area contributed by atoms with E-state index in [1.165, 1.54) is 0 Å². The van der Waals surface area contributed by atoms with Crippen molar-refractivity contribution in [1.82, 2.24) is 0 Å². The summed E-state index contributed by atoms with van der Waals surface area (Å²) in [5.74, 6) is -0.216. The second-order valence-corrected chi connectivity index (χ2v) is 8.00. The number of rotatable bonds is 5. The maximum atomic E-state index is 12.4. The summed E-state index contributed by atoms with van der Waals surface area (Å²) in [5, 5.41) is 2.80. The van der Waals surface area contributed by atoms with Gasteiger partial charge in [0.05, 0.1) is 4.90 Å². The molecule has 0 atom stereocenters. The second-order valence-electron chi connectivity index (χ2n) is 6.32. The van der Waals surface area contributed by atoms with E-state index in [4.69, 9.17) is 0 Å². The van der Waals surface area contributed by atoms with Crippen LogP contribution in [0, 0.1) is 13.8 Å². The highest BCUT2D eigenvalue weighted by Gasteiger charge is 2.14. The minimum absolute atomic E-state index is 0.199. The van der Waals surface area contributed by atoms with Gasteiger partial charge in [0.25, 0.3) is 15.9 Å². The molecular formula is C21H20N2O3S. The zero-order valence-corrected chi connectivity index (χ0v) is 15.9. The first-order valence-corrected chi connectivity index (χ1v) is 9.89. The first kappa shape index (κ1) is 18.7. The Kier molecular flexibility index (Phi) is 5.28. The lowest BCUT2D eigenvalue weighted by molar-refractivity contribution is 0.102. The highest BCUT2D eigenvalue weighted by Crippen LogP contribution is 2.19. The predicted molar refractivity (Wildman–Crippen MR) is 108 cm³/mol. The van der Waals surface area contributed by atoms with Gasteiger partial charge in [-0.3, -0.25) is 9.52 Å².